The highest BCUT2D eigenvalue weighted by atomic mass is 32.2. The predicted octanol–water partition coefficient (Wildman–Crippen LogP) is 4.44. The van der Waals surface area contributed by atoms with Crippen LogP contribution in [-0.2, 0) is 16.4 Å². The normalized spacial score (nSPS) is 11.7. The van der Waals surface area contributed by atoms with E-state index in [4.69, 9.17) is 9.72 Å². The third-order valence-electron chi connectivity index (χ3n) is 4.58. The number of hydrogen-bond acceptors (Lipinski definition) is 5. The van der Waals surface area contributed by atoms with Crippen molar-refractivity contribution in [3.05, 3.63) is 64.5 Å². The highest BCUT2D eigenvalue weighted by Crippen LogP contribution is 2.27. The zero-order valence-corrected chi connectivity index (χ0v) is 17.9. The van der Waals surface area contributed by atoms with Gasteiger partial charge in [-0.3, -0.25) is 0 Å². The molecule has 0 aliphatic carbocycles. The molecule has 0 aliphatic heterocycles. The Kier molecular flexibility index (Phi) is 6.49. The fraction of sp³-hybridized carbons (Fsp3) is 0.286. The summed E-state index contributed by atoms with van der Waals surface area (Å²) >= 11 is 1.59. The van der Waals surface area contributed by atoms with Gasteiger partial charge in [-0.2, -0.15) is 4.31 Å². The number of hydrogen-bond donors (Lipinski definition) is 0. The molecule has 2 aromatic carbocycles. The largest absolute Gasteiger partial charge is 0.496 e. The molecule has 0 fully saturated rings. The van der Waals surface area contributed by atoms with Gasteiger partial charge in [0.25, 0.3) is 0 Å². The first-order valence-corrected chi connectivity index (χ1v) is 11.5. The van der Waals surface area contributed by atoms with Gasteiger partial charge in [0.05, 0.1) is 22.7 Å². The molecule has 0 atom stereocenters. The van der Waals surface area contributed by atoms with Crippen molar-refractivity contribution in [2.24, 2.45) is 0 Å². The summed E-state index contributed by atoms with van der Waals surface area (Å²) in [5.74, 6) is 0.852. The van der Waals surface area contributed by atoms with Gasteiger partial charge in [0.1, 0.15) is 5.75 Å². The quantitative estimate of drug-likeness (QED) is 0.545. The standard InChI is InChI=1S/C21H24N2O3S2/c1-4-23(5-2)28(24,25)18-12-10-16(11-13-18)19-15-27-21(22-19)14-17-8-6-7-9-20(17)26-3/h6-13,15H,4-5,14H2,1-3H3. The highest BCUT2D eigenvalue weighted by Gasteiger charge is 2.21. The van der Waals surface area contributed by atoms with E-state index in [0.29, 0.717) is 24.4 Å². The zero-order valence-electron chi connectivity index (χ0n) is 16.3. The maximum atomic E-state index is 12.6. The van der Waals surface area contributed by atoms with E-state index in [1.165, 1.54) is 4.31 Å². The second kappa shape index (κ2) is 8.86. The molecule has 3 aromatic rings. The summed E-state index contributed by atoms with van der Waals surface area (Å²) < 4.78 is 32.1. The van der Waals surface area contributed by atoms with Crippen LogP contribution in [0, 0.1) is 0 Å². The summed E-state index contributed by atoms with van der Waals surface area (Å²) in [5, 5.41) is 2.98. The average Bonchev–Trinajstić information content (AvgIpc) is 3.18. The number of rotatable bonds is 8. The minimum Gasteiger partial charge on any atom is -0.496 e. The Balaban J connectivity index is 1.80. The maximum Gasteiger partial charge on any atom is 0.243 e. The van der Waals surface area contributed by atoms with Gasteiger partial charge in [-0.1, -0.05) is 44.2 Å². The van der Waals surface area contributed by atoms with Gasteiger partial charge in [0, 0.05) is 36.0 Å². The SMILES string of the molecule is CCN(CC)S(=O)(=O)c1ccc(-c2csc(Cc3ccccc3OC)n2)cc1. The van der Waals surface area contributed by atoms with Crippen LogP contribution in [0.2, 0.25) is 0 Å². The summed E-state index contributed by atoms with van der Waals surface area (Å²) in [4.78, 5) is 5.02. The minimum atomic E-state index is -3.44. The van der Waals surface area contributed by atoms with Crippen LogP contribution in [0.1, 0.15) is 24.4 Å². The van der Waals surface area contributed by atoms with Gasteiger partial charge >= 0.3 is 0 Å². The fourth-order valence-corrected chi connectivity index (χ4v) is 5.33. The molecular weight excluding hydrogens is 392 g/mol. The van der Waals surface area contributed by atoms with E-state index in [2.05, 4.69) is 0 Å². The summed E-state index contributed by atoms with van der Waals surface area (Å²) in [6.07, 6.45) is 0.698. The molecule has 0 saturated carbocycles. The number of nitrogens with zero attached hydrogens (tertiary/aromatic N) is 2. The van der Waals surface area contributed by atoms with Gasteiger partial charge < -0.3 is 4.74 Å². The van der Waals surface area contributed by atoms with E-state index in [1.54, 1.807) is 30.6 Å². The highest BCUT2D eigenvalue weighted by molar-refractivity contribution is 7.89. The molecule has 0 aliphatic rings. The number of benzene rings is 2. The third-order valence-corrected chi connectivity index (χ3v) is 7.49. The van der Waals surface area contributed by atoms with Crippen molar-refractivity contribution in [1.82, 2.24) is 9.29 Å². The number of para-hydroxylation sites is 1. The van der Waals surface area contributed by atoms with E-state index in [-0.39, 0.29) is 0 Å². The van der Waals surface area contributed by atoms with Crippen molar-refractivity contribution in [2.75, 3.05) is 20.2 Å². The molecule has 0 amide bonds. The van der Waals surface area contributed by atoms with E-state index in [9.17, 15) is 8.42 Å². The third kappa shape index (κ3) is 4.27. The second-order valence-corrected chi connectivity index (χ2v) is 9.11. The summed E-state index contributed by atoms with van der Waals surface area (Å²) in [7, 11) is -1.78. The van der Waals surface area contributed by atoms with Crippen molar-refractivity contribution in [2.45, 2.75) is 25.2 Å². The second-order valence-electron chi connectivity index (χ2n) is 6.23. The van der Waals surface area contributed by atoms with Crippen molar-refractivity contribution in [3.63, 3.8) is 0 Å². The van der Waals surface area contributed by atoms with Crippen LogP contribution >= 0.6 is 11.3 Å². The fourth-order valence-electron chi connectivity index (χ4n) is 3.05. The number of sulfonamides is 1. The van der Waals surface area contributed by atoms with Crippen LogP contribution < -0.4 is 4.74 Å². The van der Waals surface area contributed by atoms with E-state index >= 15 is 0 Å². The summed E-state index contributed by atoms with van der Waals surface area (Å²) in [5.41, 5.74) is 2.84. The molecule has 3 rings (SSSR count). The average molecular weight is 417 g/mol. The number of thiazole rings is 1. The molecule has 28 heavy (non-hydrogen) atoms. The Bertz CT molecular complexity index is 1020. The van der Waals surface area contributed by atoms with Crippen molar-refractivity contribution < 1.29 is 13.2 Å². The first-order valence-electron chi connectivity index (χ1n) is 9.16. The first-order chi connectivity index (χ1) is 13.5. The van der Waals surface area contributed by atoms with Gasteiger partial charge in [-0.05, 0) is 18.2 Å². The van der Waals surface area contributed by atoms with Crippen LogP contribution in [0.15, 0.2) is 58.8 Å². The Hall–Kier alpha value is -2.22. The number of aromatic nitrogens is 1. The van der Waals surface area contributed by atoms with Crippen LogP contribution in [0.3, 0.4) is 0 Å². The molecule has 0 saturated heterocycles. The van der Waals surface area contributed by atoms with E-state index in [1.807, 2.05) is 55.6 Å². The Morgan fingerprint density at radius 2 is 1.71 bits per heavy atom. The lowest BCUT2D eigenvalue weighted by Gasteiger charge is -2.18. The maximum absolute atomic E-state index is 12.6. The topological polar surface area (TPSA) is 59.5 Å². The molecule has 5 nitrogen and oxygen atoms in total. The molecule has 7 heteroatoms. The lowest BCUT2D eigenvalue weighted by Crippen LogP contribution is -2.30. The van der Waals surface area contributed by atoms with Crippen LogP contribution in [0.4, 0.5) is 0 Å². The van der Waals surface area contributed by atoms with E-state index in [0.717, 1.165) is 27.6 Å². The Labute approximate surface area is 170 Å². The predicted molar refractivity (Wildman–Crippen MR) is 113 cm³/mol. The molecular formula is C21H24N2O3S2. The van der Waals surface area contributed by atoms with Crippen LogP contribution in [0.25, 0.3) is 11.3 Å². The van der Waals surface area contributed by atoms with Gasteiger partial charge in [-0.15, -0.1) is 11.3 Å². The molecule has 1 heterocycles. The molecule has 148 valence electrons. The molecule has 1 aromatic heterocycles. The monoisotopic (exact) mass is 416 g/mol. The van der Waals surface area contributed by atoms with Gasteiger partial charge in [-0.25, -0.2) is 13.4 Å². The smallest absolute Gasteiger partial charge is 0.243 e. The van der Waals surface area contributed by atoms with Crippen LogP contribution in [-0.4, -0.2) is 37.9 Å². The van der Waals surface area contributed by atoms with Gasteiger partial charge in [0.15, 0.2) is 0 Å². The molecule has 0 radical (unpaired) electrons. The first kappa shape index (κ1) is 20.5. The lowest BCUT2D eigenvalue weighted by atomic mass is 10.1. The number of ether oxygens (including phenoxy) is 1. The van der Waals surface area contributed by atoms with Crippen LogP contribution in [0.5, 0.6) is 5.75 Å². The summed E-state index contributed by atoms with van der Waals surface area (Å²) in [6.45, 7) is 4.60. The molecule has 0 N–H and O–H groups in total. The van der Waals surface area contributed by atoms with Crippen molar-refractivity contribution in [3.8, 4) is 17.0 Å². The Morgan fingerprint density at radius 3 is 2.36 bits per heavy atom. The lowest BCUT2D eigenvalue weighted by molar-refractivity contribution is 0.410. The summed E-state index contributed by atoms with van der Waals surface area (Å²) in [6, 6.07) is 14.9. The molecule has 0 unspecified atom stereocenters. The van der Waals surface area contributed by atoms with Crippen molar-refractivity contribution >= 4 is 21.4 Å². The van der Waals surface area contributed by atoms with E-state index < -0.39 is 10.0 Å². The minimum absolute atomic E-state index is 0.310. The number of methoxy groups -OCH3 is 1. The van der Waals surface area contributed by atoms with Gasteiger partial charge in [0.2, 0.25) is 10.0 Å². The van der Waals surface area contributed by atoms with Crippen molar-refractivity contribution in [1.29, 1.82) is 0 Å². The molecule has 0 spiro atoms. The molecule has 0 bridgehead atoms. The Morgan fingerprint density at radius 1 is 1.04 bits per heavy atom. The zero-order chi connectivity index (χ0) is 20.1.